The minimum Gasteiger partial charge on any atom is -0.135 e. The monoisotopic (exact) mass is 788 g/mol. The van der Waals surface area contributed by atoms with E-state index in [9.17, 15) is 0 Å². The first-order valence-electron chi connectivity index (χ1n) is 21.4. The predicted octanol–water partition coefficient (Wildman–Crippen LogP) is 17.9. The van der Waals surface area contributed by atoms with Gasteiger partial charge in [-0.2, -0.15) is 0 Å². The Bertz CT molecular complexity index is 2520. The molecule has 7 aromatic rings. The summed E-state index contributed by atoms with van der Waals surface area (Å²) in [5.74, 6) is 0. The largest absolute Gasteiger partial charge is 0.135 e. The van der Waals surface area contributed by atoms with Crippen LogP contribution in [0.2, 0.25) is 0 Å². The Hall–Kier alpha value is -6.02. The van der Waals surface area contributed by atoms with Crippen LogP contribution in [0.1, 0.15) is 83.1 Å². The Morgan fingerprint density at radius 1 is 0.610 bits per heavy atom. The van der Waals surface area contributed by atoms with Crippen LogP contribution in [0.4, 0.5) is 0 Å². The first-order valence-corrected chi connectivity index (χ1v) is 22.3. The van der Waals surface area contributed by atoms with Crippen LogP contribution >= 0.6 is 11.3 Å². The number of hydrogen-bond acceptors (Lipinski definition) is 1. The summed E-state index contributed by atoms with van der Waals surface area (Å²) in [6, 6.07) is 53.2. The highest BCUT2D eigenvalue weighted by molar-refractivity contribution is 7.26. The number of fused-ring (bicyclic) bond motifs is 3. The van der Waals surface area contributed by atoms with Gasteiger partial charge in [-0.1, -0.05) is 222 Å². The Kier molecular flexibility index (Phi) is 18.0. The molecule has 1 aliphatic carbocycles. The number of rotatable bonds is 11. The zero-order chi connectivity index (χ0) is 41.7. The van der Waals surface area contributed by atoms with Crippen molar-refractivity contribution in [3.63, 3.8) is 0 Å². The quantitative estimate of drug-likeness (QED) is 0.115. The van der Waals surface area contributed by atoms with Crippen LogP contribution in [-0.4, -0.2) is 0 Å². The van der Waals surface area contributed by atoms with Gasteiger partial charge in [0.2, 0.25) is 0 Å². The second kappa shape index (κ2) is 24.0. The molecule has 0 radical (unpaired) electrons. The third-order valence-corrected chi connectivity index (χ3v) is 11.0. The van der Waals surface area contributed by atoms with Crippen LogP contribution in [0.25, 0.3) is 54.1 Å². The number of thiophene rings is 1. The summed E-state index contributed by atoms with van der Waals surface area (Å²) in [6.45, 7) is 12.1. The molecule has 0 saturated carbocycles. The van der Waals surface area contributed by atoms with Gasteiger partial charge >= 0.3 is 0 Å². The minimum atomic E-state index is 0.926. The van der Waals surface area contributed by atoms with E-state index in [1.165, 1.54) is 75.8 Å². The van der Waals surface area contributed by atoms with Crippen molar-refractivity contribution in [3.05, 3.63) is 228 Å². The topological polar surface area (TPSA) is 0 Å². The number of allylic oxidation sites excluding steroid dienone is 10. The summed E-state index contributed by atoms with van der Waals surface area (Å²) < 4.78 is 2.64. The Balaban J connectivity index is 0.000000541. The third-order valence-electron chi connectivity index (χ3n) is 9.89. The summed E-state index contributed by atoms with van der Waals surface area (Å²) in [5.41, 5.74) is 12.8. The predicted molar refractivity (Wildman–Crippen MR) is 266 cm³/mol. The van der Waals surface area contributed by atoms with E-state index in [2.05, 4.69) is 201 Å². The van der Waals surface area contributed by atoms with Crippen molar-refractivity contribution in [2.45, 2.75) is 67.2 Å². The van der Waals surface area contributed by atoms with Gasteiger partial charge < -0.3 is 0 Å². The second-order valence-electron chi connectivity index (χ2n) is 13.8. The Labute approximate surface area is 359 Å². The summed E-state index contributed by atoms with van der Waals surface area (Å²) in [7, 11) is 0. The van der Waals surface area contributed by atoms with Gasteiger partial charge in [0.25, 0.3) is 0 Å². The summed E-state index contributed by atoms with van der Waals surface area (Å²) in [6.07, 6.45) is 25.9. The molecule has 1 aliphatic rings. The van der Waals surface area contributed by atoms with E-state index in [-0.39, 0.29) is 0 Å². The van der Waals surface area contributed by atoms with Gasteiger partial charge in [-0.15, -0.1) is 11.3 Å². The highest BCUT2D eigenvalue weighted by Crippen LogP contribution is 2.43. The summed E-state index contributed by atoms with van der Waals surface area (Å²) in [5, 5.41) is 2.66. The molecule has 1 aromatic heterocycles. The molecule has 298 valence electrons. The van der Waals surface area contributed by atoms with Crippen LogP contribution in [0.15, 0.2) is 206 Å². The van der Waals surface area contributed by atoms with Crippen LogP contribution in [0.3, 0.4) is 0 Å². The molecule has 0 N–H and O–H groups in total. The Morgan fingerprint density at radius 3 is 2.03 bits per heavy atom. The van der Waals surface area contributed by atoms with Gasteiger partial charge in [0.05, 0.1) is 0 Å². The molecule has 0 spiro atoms. The standard InChI is InChI=1S/C47H36S.C7H12.2C2H6/c1-3-13-34(14-4-1)17-11-18-36-19-12-22-40(31-36)41-32-44(47-43-23-9-10-24-45(43)48-46(47)33-41)39-28-26-38(27-29-39)42(37-20-5-2-6-21-37)30-25-35-15-7-8-16-35;1-3-5-7-6-4-2;2*1-2/h1-15,18-24,26-33H,16-17,25H2;3,5-7H,4H2,1-2H3;2*1-2H3/b18-11+,42-30+;5-3-,7-6-;;. The minimum absolute atomic E-state index is 0.926. The molecule has 1 heterocycles. The molecule has 0 nitrogen and oxygen atoms in total. The molecule has 0 atom stereocenters. The van der Waals surface area contributed by atoms with Gasteiger partial charge in [-0.3, -0.25) is 0 Å². The third kappa shape index (κ3) is 12.2. The Morgan fingerprint density at radius 2 is 1.32 bits per heavy atom. The molecule has 1 heteroatoms. The highest BCUT2D eigenvalue weighted by Gasteiger charge is 2.15. The fraction of sp³-hybridized carbons (Fsp3) is 0.172. The maximum Gasteiger partial charge on any atom is 0.0367 e. The lowest BCUT2D eigenvalue weighted by molar-refractivity contribution is 1.14. The van der Waals surface area contributed by atoms with Gasteiger partial charge in [0.1, 0.15) is 0 Å². The van der Waals surface area contributed by atoms with Crippen molar-refractivity contribution >= 4 is 43.2 Å². The van der Waals surface area contributed by atoms with Crippen molar-refractivity contribution < 1.29 is 0 Å². The van der Waals surface area contributed by atoms with Crippen LogP contribution < -0.4 is 0 Å². The first-order chi connectivity index (χ1) is 29.2. The lowest BCUT2D eigenvalue weighted by Crippen LogP contribution is -1.90. The van der Waals surface area contributed by atoms with Crippen molar-refractivity contribution in [2.24, 2.45) is 0 Å². The molecular formula is C58H60S. The molecule has 0 saturated heterocycles. The van der Waals surface area contributed by atoms with E-state index < -0.39 is 0 Å². The fourth-order valence-electron chi connectivity index (χ4n) is 7.07. The first kappa shape index (κ1) is 44.1. The molecule has 59 heavy (non-hydrogen) atoms. The summed E-state index contributed by atoms with van der Waals surface area (Å²) >= 11 is 1.89. The molecule has 0 aliphatic heterocycles. The van der Waals surface area contributed by atoms with Gasteiger partial charge in [0.15, 0.2) is 0 Å². The average molecular weight is 789 g/mol. The van der Waals surface area contributed by atoms with Gasteiger partial charge in [-0.05, 0) is 107 Å². The smallest absolute Gasteiger partial charge is 0.0367 e. The lowest BCUT2D eigenvalue weighted by atomic mass is 9.91. The van der Waals surface area contributed by atoms with E-state index in [1.807, 2.05) is 58.1 Å². The van der Waals surface area contributed by atoms with Gasteiger partial charge in [0, 0.05) is 20.2 Å². The van der Waals surface area contributed by atoms with Crippen molar-refractivity contribution in [1.29, 1.82) is 0 Å². The molecule has 0 bridgehead atoms. The average Bonchev–Trinajstić information content (AvgIpc) is 3.97. The maximum absolute atomic E-state index is 2.40. The zero-order valence-corrected chi connectivity index (χ0v) is 36.7. The zero-order valence-electron chi connectivity index (χ0n) is 35.9. The van der Waals surface area contributed by atoms with Crippen molar-refractivity contribution in [1.82, 2.24) is 0 Å². The highest BCUT2D eigenvalue weighted by atomic mass is 32.1. The van der Waals surface area contributed by atoms with E-state index in [0.29, 0.717) is 0 Å². The SMILES string of the molecule is C/C=C\C=C/CC.C1=CCC(C/C=C(\c2ccccc2)c2ccc(-c3cc(-c4cccc(/C=C/Cc5ccccc5)c4)cc4sc5ccccc5c34)cc2)=C1.CC.CC. The number of benzene rings is 6. The normalized spacial score (nSPS) is 12.3. The number of hydrogen-bond donors (Lipinski definition) is 0. The van der Waals surface area contributed by atoms with E-state index in [4.69, 9.17) is 0 Å². The van der Waals surface area contributed by atoms with Crippen LogP contribution in [0.5, 0.6) is 0 Å². The second-order valence-corrected chi connectivity index (χ2v) is 14.9. The molecule has 0 fully saturated rings. The molecular weight excluding hydrogens is 729 g/mol. The molecule has 6 aromatic carbocycles. The van der Waals surface area contributed by atoms with Gasteiger partial charge in [-0.25, -0.2) is 0 Å². The molecule has 0 unspecified atom stereocenters. The van der Waals surface area contributed by atoms with E-state index >= 15 is 0 Å². The molecule has 0 amide bonds. The van der Waals surface area contributed by atoms with Crippen LogP contribution in [0, 0.1) is 0 Å². The fourth-order valence-corrected chi connectivity index (χ4v) is 8.24. The maximum atomic E-state index is 2.40. The van der Waals surface area contributed by atoms with E-state index in [0.717, 1.165) is 25.7 Å². The van der Waals surface area contributed by atoms with Crippen LogP contribution in [-0.2, 0) is 6.42 Å². The summed E-state index contributed by atoms with van der Waals surface area (Å²) in [4.78, 5) is 0. The lowest BCUT2D eigenvalue weighted by Gasteiger charge is -2.13. The van der Waals surface area contributed by atoms with Crippen molar-refractivity contribution in [3.8, 4) is 22.3 Å². The van der Waals surface area contributed by atoms with Crippen molar-refractivity contribution in [2.75, 3.05) is 0 Å². The molecule has 8 rings (SSSR count). The van der Waals surface area contributed by atoms with E-state index in [1.54, 1.807) is 0 Å².